The molecule has 14 N–H and O–H groups in total. The number of nitrogens with one attached hydrogen (secondary N) is 8. The lowest BCUT2D eigenvalue weighted by molar-refractivity contribution is -0.147. The van der Waals surface area contributed by atoms with Crippen molar-refractivity contribution in [3.8, 4) is 0 Å². The topological polar surface area (TPSA) is 481 Å². The van der Waals surface area contributed by atoms with Gasteiger partial charge in [0.2, 0.25) is 23.7 Å². The number of aromatic nitrogens is 6. The molecule has 1 aliphatic carbocycles. The van der Waals surface area contributed by atoms with Crippen molar-refractivity contribution < 1.29 is 81.8 Å². The fourth-order valence-electron chi connectivity index (χ4n) is 10.7. The summed E-state index contributed by atoms with van der Waals surface area (Å²) < 4.78 is 27.0. The van der Waals surface area contributed by atoms with E-state index < -0.39 is 53.7 Å². The second-order valence-corrected chi connectivity index (χ2v) is 26.6. The van der Waals surface area contributed by atoms with E-state index in [-0.39, 0.29) is 192 Å². The van der Waals surface area contributed by atoms with Crippen LogP contribution in [0.25, 0.3) is 22.1 Å². The van der Waals surface area contributed by atoms with E-state index in [1.54, 1.807) is 84.4 Å². The van der Waals surface area contributed by atoms with Crippen LogP contribution in [-0.2, 0) is 87.7 Å². The van der Waals surface area contributed by atoms with Crippen LogP contribution < -0.4 is 43.9 Å². The molecule has 0 radical (unpaired) electrons. The van der Waals surface area contributed by atoms with Crippen LogP contribution >= 0.6 is 23.5 Å². The molecule has 0 bridgehead atoms. The highest BCUT2D eigenvalue weighted by Crippen LogP contribution is 2.42. The lowest BCUT2D eigenvalue weighted by atomic mass is 9.99. The second-order valence-electron chi connectivity index (χ2n) is 24.1. The number of ketones is 2. The van der Waals surface area contributed by atoms with Gasteiger partial charge in [-0.1, -0.05) is 38.6 Å². The third kappa shape index (κ3) is 26.5. The summed E-state index contributed by atoms with van der Waals surface area (Å²) >= 11 is 3.29. The van der Waals surface area contributed by atoms with Crippen LogP contribution in [-0.4, -0.2) is 199 Å². The number of H-pyrrole nitrogens is 4. The third-order valence-electron chi connectivity index (χ3n) is 16.6. The van der Waals surface area contributed by atoms with Crippen molar-refractivity contribution in [2.24, 2.45) is 11.8 Å². The average molecular weight is 1460 g/mol. The van der Waals surface area contributed by atoms with Crippen LogP contribution in [0, 0.1) is 11.8 Å². The van der Waals surface area contributed by atoms with Crippen LogP contribution in [0.3, 0.4) is 0 Å². The molecular weight excluding hydrogens is 1360 g/mol. The van der Waals surface area contributed by atoms with E-state index in [2.05, 4.69) is 51.2 Å². The molecule has 0 aliphatic heterocycles. The third-order valence-corrected chi connectivity index (χ3v) is 20.0. The number of hydrogen-bond donors (Lipinski definition) is 12. The molecule has 0 spiro atoms. The molecule has 554 valence electrons. The maximum Gasteiger partial charge on any atom is 0.326 e. The van der Waals surface area contributed by atoms with E-state index in [0.717, 1.165) is 35.1 Å². The molecule has 31 nitrogen and oxygen atoms in total. The Hall–Kier alpha value is -9.44. The molecule has 4 aromatic heterocycles. The molecule has 6 atom stereocenters. The molecule has 1 aliphatic rings. The number of fused-ring (bicyclic) bond motifs is 2. The Morgan fingerprint density at radius 3 is 1.41 bits per heavy atom. The highest BCUT2D eigenvalue weighted by molar-refractivity contribution is 8.04. The maximum atomic E-state index is 13.6. The normalized spacial score (nSPS) is 14.5. The Bertz CT molecular complexity index is 3940. The predicted octanol–water partition coefficient (Wildman–Crippen LogP) is 4.15. The summed E-state index contributed by atoms with van der Waals surface area (Å²) in [6.45, 7) is 3.87. The number of carbonyl (C=O) groups is 10. The van der Waals surface area contributed by atoms with Gasteiger partial charge >= 0.3 is 23.9 Å². The largest absolute Gasteiger partial charge is 0.480 e. The Morgan fingerprint density at radius 2 is 0.990 bits per heavy atom. The number of nitrogens with zero attached hydrogens (tertiary/aromatic N) is 2. The van der Waals surface area contributed by atoms with Crippen LogP contribution in [0.1, 0.15) is 128 Å². The summed E-state index contributed by atoms with van der Waals surface area (Å²) in [7, 11) is 0. The predicted molar refractivity (Wildman–Crippen MR) is 382 cm³/mol. The van der Waals surface area contributed by atoms with Gasteiger partial charge in [0.1, 0.15) is 48.2 Å². The molecule has 7 rings (SSSR count). The molecule has 4 unspecified atom stereocenters. The monoisotopic (exact) mass is 1460 g/mol. The molecule has 4 heterocycles. The molecule has 2 aromatic carbocycles. The van der Waals surface area contributed by atoms with Gasteiger partial charge in [-0.15, -0.1) is 0 Å². The first-order valence-electron chi connectivity index (χ1n) is 33.4. The average Bonchev–Trinajstić information content (AvgIpc) is 1.66. The number of nitrogen functional groups attached to an aromatic ring is 2. The number of hydrogen-bond acceptors (Lipinski definition) is 23. The molecule has 6 aromatic rings. The van der Waals surface area contributed by atoms with Gasteiger partial charge in [0.15, 0.2) is 0 Å². The van der Waals surface area contributed by atoms with Crippen LogP contribution in [0.4, 0.5) is 11.9 Å². The van der Waals surface area contributed by atoms with Crippen molar-refractivity contribution in [1.82, 2.24) is 51.2 Å². The molecule has 0 saturated heterocycles. The van der Waals surface area contributed by atoms with Gasteiger partial charge in [-0.3, -0.25) is 57.9 Å². The number of aliphatic carboxylic acids is 2. The molecule has 4 amide bonds. The van der Waals surface area contributed by atoms with E-state index in [9.17, 15) is 67.7 Å². The van der Waals surface area contributed by atoms with E-state index in [0.29, 0.717) is 65.7 Å². The lowest BCUT2D eigenvalue weighted by Gasteiger charge is -2.37. The number of anilines is 2. The van der Waals surface area contributed by atoms with E-state index in [1.807, 2.05) is 6.92 Å². The number of carbonyl (C=O) groups excluding carboxylic acids is 8. The summed E-state index contributed by atoms with van der Waals surface area (Å²) in [5.41, 5.74) is 15.0. The highest BCUT2D eigenvalue weighted by Gasteiger charge is 2.35. The minimum Gasteiger partial charge on any atom is -0.480 e. The number of amides is 4. The summed E-state index contributed by atoms with van der Waals surface area (Å²) in [5, 5.41) is 31.4. The summed E-state index contributed by atoms with van der Waals surface area (Å²) in [6.07, 6.45) is 7.03. The first-order chi connectivity index (χ1) is 48.5. The maximum absolute atomic E-state index is 13.6. The van der Waals surface area contributed by atoms with Crippen molar-refractivity contribution in [3.63, 3.8) is 0 Å². The van der Waals surface area contributed by atoms with Gasteiger partial charge in [-0.25, -0.2) is 9.59 Å². The van der Waals surface area contributed by atoms with Gasteiger partial charge < -0.3 is 76.6 Å². The SMILES string of the molecule is C.CCC(CSC1CCC1SCC(CC(=O)CCOCCC(C)=O)C(=O)NCCOCCOC(=O)CC[C@H](NC(=O)c1ccc(CCc2c[nH]c3nc(N)[nH]c(=O)c23)cc1)C(=O)O)C(=O)NCCOCCOC(=O)CC[C@H](NC(=O)c1ccc(CCc2c[nH]c3nc(N)[nH]c(=O)c23)cc1)C(=O)O. The van der Waals surface area contributed by atoms with Crippen molar-refractivity contribution in [3.05, 3.63) is 115 Å². The number of thioether (sulfide) groups is 2. The zero-order valence-corrected chi connectivity index (χ0v) is 58.0. The van der Waals surface area contributed by atoms with E-state index in [4.69, 9.17) is 35.2 Å². The van der Waals surface area contributed by atoms with Gasteiger partial charge in [0.05, 0.1) is 56.3 Å². The zero-order valence-electron chi connectivity index (χ0n) is 56.3. The Morgan fingerprint density at radius 1 is 0.569 bits per heavy atom. The minimum absolute atomic E-state index is 0. The number of benzene rings is 2. The number of carboxylic acids is 2. The second kappa shape index (κ2) is 42.1. The number of esters is 2. The van der Waals surface area contributed by atoms with Crippen LogP contribution in [0.5, 0.6) is 0 Å². The number of ether oxygens (including phenoxy) is 5. The fraction of sp³-hybridized carbons (Fsp3) is 0.507. The van der Waals surface area contributed by atoms with E-state index >= 15 is 0 Å². The first-order valence-corrected chi connectivity index (χ1v) is 35.5. The van der Waals surface area contributed by atoms with Crippen LogP contribution in [0.15, 0.2) is 70.5 Å². The summed E-state index contributed by atoms with van der Waals surface area (Å²) in [5.74, 6) is -6.09. The quantitative estimate of drug-likeness (QED) is 0.0189. The zero-order chi connectivity index (χ0) is 72.8. The van der Waals surface area contributed by atoms with Gasteiger partial charge in [0, 0.05) is 96.6 Å². The van der Waals surface area contributed by atoms with Gasteiger partial charge in [-0.05, 0) is 111 Å². The summed E-state index contributed by atoms with van der Waals surface area (Å²) in [4.78, 5) is 170. The molecular formula is C69H92N12O19S2. The minimum atomic E-state index is -1.39. The molecule has 33 heteroatoms. The van der Waals surface area contributed by atoms with Crippen molar-refractivity contribution in [2.45, 2.75) is 134 Å². The molecule has 102 heavy (non-hydrogen) atoms. The van der Waals surface area contributed by atoms with Crippen LogP contribution in [0.2, 0.25) is 0 Å². The standard InChI is InChI=1S/C68H88N12O19S2.CH4/c1-3-42(59(85)71-24-28-96-30-32-98-53(83)20-16-49(65(91)92)75-61(87)43-10-4-40(5-11-43)8-14-45-35-73-57-55(45)63(89)79-67(69)77-57)37-100-51-18-19-52(51)101-38-47(34-48(82)23-27-95-26-22-39(2)81)60(86)72-25-29-97-31-33-99-54(84)21-17-50(66(93)94)76-62(88)44-12-6-41(7-13-44)9-15-46-36-74-58-56(46)64(90)80-68(70)78-58;/h4-7,10-13,35-36,42,47,49-52H,3,8-9,14-34,37-38H2,1-2H3,(H,71,85)(H,72,86)(H,75,87)(H,76,88)(H,91,92)(H,93,94)(H4,69,73,77,79,89)(H4,70,74,78,80,90);1H4/t42?,47?,49-,50-,51?,52?;/m0./s1. The number of aromatic amines is 4. The summed E-state index contributed by atoms with van der Waals surface area (Å²) in [6, 6.07) is 10.4. The Labute approximate surface area is 596 Å². The van der Waals surface area contributed by atoms with Crippen molar-refractivity contribution >= 4 is 117 Å². The smallest absolute Gasteiger partial charge is 0.326 e. The highest BCUT2D eigenvalue weighted by atomic mass is 32.2. The number of carboxylic acid groups (broad SMARTS) is 2. The number of aryl methyl sites for hydroxylation is 4. The Kier molecular flexibility index (Phi) is 33.6. The number of rotatable bonds is 47. The lowest BCUT2D eigenvalue weighted by Crippen LogP contribution is -2.41. The van der Waals surface area contributed by atoms with Crippen molar-refractivity contribution in [2.75, 3.05) is 88.9 Å². The van der Waals surface area contributed by atoms with Gasteiger partial charge in [-0.2, -0.15) is 33.5 Å². The number of Topliss-reactive ketones (excluding diaryl/α,β-unsaturated/α-hetero) is 2. The van der Waals surface area contributed by atoms with Gasteiger partial charge in [0.25, 0.3) is 22.9 Å². The number of nitrogens with two attached hydrogens (primary N) is 2. The first kappa shape index (κ1) is 81.5. The van der Waals surface area contributed by atoms with E-state index in [1.165, 1.54) is 6.92 Å². The molecule has 1 fully saturated rings. The fourth-order valence-corrected chi connectivity index (χ4v) is 14.1. The van der Waals surface area contributed by atoms with Crippen molar-refractivity contribution in [1.29, 1.82) is 0 Å². The Balaban J connectivity index is 0.0000164. The molecule has 1 saturated carbocycles.